The molecular formula is C31H39N3O6S. The average molecular weight is 582 g/mol. The lowest BCUT2D eigenvalue weighted by Gasteiger charge is -2.32. The number of hydrogen-bond donors (Lipinski definition) is 1. The van der Waals surface area contributed by atoms with Crippen LogP contribution in [0, 0.1) is 13.8 Å². The van der Waals surface area contributed by atoms with E-state index in [-0.39, 0.29) is 29.1 Å². The number of nitrogens with one attached hydrogen (secondary N) is 1. The number of anilines is 1. The van der Waals surface area contributed by atoms with Gasteiger partial charge in [-0.3, -0.25) is 13.9 Å². The van der Waals surface area contributed by atoms with E-state index in [4.69, 9.17) is 9.47 Å². The topological polar surface area (TPSA) is 105 Å². The lowest BCUT2D eigenvalue weighted by Crippen LogP contribution is -2.52. The zero-order valence-corrected chi connectivity index (χ0v) is 25.5. The molecule has 9 nitrogen and oxygen atoms in total. The van der Waals surface area contributed by atoms with Crippen LogP contribution in [0.3, 0.4) is 0 Å². The van der Waals surface area contributed by atoms with Crippen molar-refractivity contribution in [1.82, 2.24) is 10.2 Å². The minimum Gasteiger partial charge on any atom is -0.497 e. The van der Waals surface area contributed by atoms with Crippen LogP contribution in [0.15, 0.2) is 71.6 Å². The summed E-state index contributed by atoms with van der Waals surface area (Å²) in [6.45, 7) is 8.52. The van der Waals surface area contributed by atoms with Gasteiger partial charge in [0, 0.05) is 12.6 Å². The SMILES string of the molecule is COc1ccc(CN(C(=O)CN(c2cc(C)ccc2OC)S(=O)(=O)c2ccc(C)cc2)[C@@H](C)C(=O)NC(C)C)cc1. The number of methoxy groups -OCH3 is 2. The summed E-state index contributed by atoms with van der Waals surface area (Å²) in [6, 6.07) is 17.7. The van der Waals surface area contributed by atoms with Crippen molar-refractivity contribution in [3.63, 3.8) is 0 Å². The molecule has 0 aliphatic heterocycles. The number of rotatable bonds is 12. The summed E-state index contributed by atoms with van der Waals surface area (Å²) in [5.74, 6) is 0.0555. The van der Waals surface area contributed by atoms with Gasteiger partial charge in [0.15, 0.2) is 0 Å². The van der Waals surface area contributed by atoms with Crippen molar-refractivity contribution in [2.24, 2.45) is 0 Å². The Kier molecular flexibility index (Phi) is 10.4. The van der Waals surface area contributed by atoms with Crippen LogP contribution in [-0.4, -0.2) is 58.0 Å². The van der Waals surface area contributed by atoms with Gasteiger partial charge >= 0.3 is 0 Å². The van der Waals surface area contributed by atoms with E-state index >= 15 is 0 Å². The quantitative estimate of drug-likeness (QED) is 0.339. The van der Waals surface area contributed by atoms with Crippen LogP contribution < -0.4 is 19.1 Å². The van der Waals surface area contributed by atoms with Gasteiger partial charge in [0.1, 0.15) is 24.1 Å². The van der Waals surface area contributed by atoms with E-state index in [9.17, 15) is 18.0 Å². The summed E-state index contributed by atoms with van der Waals surface area (Å²) in [5.41, 5.74) is 2.67. The largest absolute Gasteiger partial charge is 0.497 e. The summed E-state index contributed by atoms with van der Waals surface area (Å²) in [4.78, 5) is 28.6. The van der Waals surface area contributed by atoms with Crippen molar-refractivity contribution in [1.29, 1.82) is 0 Å². The second-order valence-electron chi connectivity index (χ2n) is 10.2. The molecule has 0 unspecified atom stereocenters. The maximum absolute atomic E-state index is 14.1. The van der Waals surface area contributed by atoms with E-state index in [2.05, 4.69) is 5.32 Å². The fourth-order valence-electron chi connectivity index (χ4n) is 4.26. The lowest BCUT2D eigenvalue weighted by atomic mass is 10.1. The third kappa shape index (κ3) is 7.79. The number of carbonyl (C=O) groups excluding carboxylic acids is 2. The van der Waals surface area contributed by atoms with Crippen LogP contribution >= 0.6 is 0 Å². The first kappa shape index (κ1) is 31.5. The van der Waals surface area contributed by atoms with Crippen LogP contribution in [-0.2, 0) is 26.2 Å². The molecule has 3 aromatic rings. The molecule has 0 aliphatic carbocycles. The highest BCUT2D eigenvalue weighted by atomic mass is 32.2. The number of hydrogen-bond acceptors (Lipinski definition) is 6. The standard InChI is InChI=1S/C31H39N3O6S/c1-21(2)32-31(36)24(5)33(19-25-11-13-26(39-6)14-12-25)30(35)20-34(28-18-23(4)10-17-29(28)40-7)41(37,38)27-15-8-22(3)9-16-27/h8-18,21,24H,19-20H2,1-7H3,(H,32,36)/t24-/m0/s1. The highest BCUT2D eigenvalue weighted by Gasteiger charge is 2.34. The number of sulfonamides is 1. The van der Waals surface area contributed by atoms with Gasteiger partial charge in [-0.15, -0.1) is 0 Å². The van der Waals surface area contributed by atoms with E-state index in [0.717, 1.165) is 21.0 Å². The van der Waals surface area contributed by atoms with Crippen LogP contribution in [0.2, 0.25) is 0 Å². The molecule has 10 heteroatoms. The molecule has 0 heterocycles. The molecule has 3 rings (SSSR count). The molecular weight excluding hydrogens is 542 g/mol. The molecule has 0 spiro atoms. The highest BCUT2D eigenvalue weighted by Crippen LogP contribution is 2.34. The predicted molar refractivity (Wildman–Crippen MR) is 160 cm³/mol. The van der Waals surface area contributed by atoms with Gasteiger partial charge in [-0.1, -0.05) is 35.9 Å². The maximum atomic E-state index is 14.1. The Morgan fingerprint density at radius 2 is 1.46 bits per heavy atom. The zero-order valence-electron chi connectivity index (χ0n) is 24.7. The Hall–Kier alpha value is -4.05. The molecule has 0 fully saturated rings. The van der Waals surface area contributed by atoms with Gasteiger partial charge in [0.25, 0.3) is 10.0 Å². The van der Waals surface area contributed by atoms with Crippen LogP contribution in [0.1, 0.15) is 37.5 Å². The molecule has 0 radical (unpaired) electrons. The van der Waals surface area contributed by atoms with Gasteiger partial charge in [-0.2, -0.15) is 0 Å². The molecule has 0 aliphatic rings. The minimum atomic E-state index is -4.21. The van der Waals surface area contributed by atoms with Crippen molar-refractivity contribution in [2.45, 2.75) is 58.1 Å². The first-order chi connectivity index (χ1) is 19.4. The molecule has 0 bridgehead atoms. The summed E-state index contributed by atoms with van der Waals surface area (Å²) < 4.78 is 39.9. The van der Waals surface area contributed by atoms with Crippen LogP contribution in [0.4, 0.5) is 5.69 Å². The Balaban J connectivity index is 2.09. The maximum Gasteiger partial charge on any atom is 0.264 e. The van der Waals surface area contributed by atoms with Crippen molar-refractivity contribution < 1.29 is 27.5 Å². The van der Waals surface area contributed by atoms with Crippen molar-refractivity contribution >= 4 is 27.5 Å². The minimum absolute atomic E-state index is 0.0340. The van der Waals surface area contributed by atoms with Crippen LogP contribution in [0.25, 0.3) is 0 Å². The molecule has 2 amide bonds. The third-order valence-corrected chi connectivity index (χ3v) is 8.38. The molecule has 3 aromatic carbocycles. The van der Waals surface area contributed by atoms with Gasteiger partial charge in [-0.05, 0) is 82.1 Å². The van der Waals surface area contributed by atoms with Gasteiger partial charge in [-0.25, -0.2) is 8.42 Å². The normalized spacial score (nSPS) is 12.0. The van der Waals surface area contributed by atoms with E-state index in [1.165, 1.54) is 24.1 Å². The van der Waals surface area contributed by atoms with Crippen molar-refractivity contribution in [2.75, 3.05) is 25.1 Å². The lowest BCUT2D eigenvalue weighted by molar-refractivity contribution is -0.139. The summed E-state index contributed by atoms with van der Waals surface area (Å²) in [5, 5.41) is 2.85. The van der Waals surface area contributed by atoms with E-state index in [0.29, 0.717) is 11.5 Å². The molecule has 220 valence electrons. The number of aryl methyl sites for hydroxylation is 2. The molecule has 0 aromatic heterocycles. The number of ether oxygens (including phenoxy) is 2. The number of nitrogens with zero attached hydrogens (tertiary/aromatic N) is 2. The monoisotopic (exact) mass is 581 g/mol. The fourth-order valence-corrected chi connectivity index (χ4v) is 5.68. The second kappa shape index (κ2) is 13.5. The first-order valence-corrected chi connectivity index (χ1v) is 14.8. The van der Waals surface area contributed by atoms with E-state index in [1.54, 1.807) is 68.6 Å². The van der Waals surface area contributed by atoms with Crippen molar-refractivity contribution in [3.8, 4) is 11.5 Å². The Bertz CT molecular complexity index is 1450. The molecule has 1 N–H and O–H groups in total. The molecule has 1 atom stereocenters. The predicted octanol–water partition coefficient (Wildman–Crippen LogP) is 4.46. The fraction of sp³-hybridized carbons (Fsp3) is 0.355. The second-order valence-corrected chi connectivity index (χ2v) is 12.1. The third-order valence-electron chi connectivity index (χ3n) is 6.60. The number of carbonyl (C=O) groups is 2. The van der Waals surface area contributed by atoms with Crippen molar-refractivity contribution in [3.05, 3.63) is 83.4 Å². The van der Waals surface area contributed by atoms with Gasteiger partial charge in [0.05, 0.1) is 24.8 Å². The zero-order chi connectivity index (χ0) is 30.3. The summed E-state index contributed by atoms with van der Waals surface area (Å²) in [7, 11) is -1.20. The molecule has 0 saturated heterocycles. The smallest absolute Gasteiger partial charge is 0.264 e. The Labute approximate surface area is 243 Å². The average Bonchev–Trinajstić information content (AvgIpc) is 2.94. The van der Waals surface area contributed by atoms with Crippen LogP contribution in [0.5, 0.6) is 11.5 Å². The number of benzene rings is 3. The summed E-state index contributed by atoms with van der Waals surface area (Å²) in [6.07, 6.45) is 0. The molecule has 41 heavy (non-hydrogen) atoms. The van der Waals surface area contributed by atoms with Gasteiger partial charge in [0.2, 0.25) is 11.8 Å². The number of amides is 2. The molecule has 0 saturated carbocycles. The first-order valence-electron chi connectivity index (χ1n) is 13.3. The van der Waals surface area contributed by atoms with E-state index < -0.39 is 28.5 Å². The van der Waals surface area contributed by atoms with E-state index in [1.807, 2.05) is 27.7 Å². The Morgan fingerprint density at radius 3 is 2.02 bits per heavy atom. The Morgan fingerprint density at radius 1 is 0.854 bits per heavy atom. The van der Waals surface area contributed by atoms with Gasteiger partial charge < -0.3 is 19.7 Å². The highest BCUT2D eigenvalue weighted by molar-refractivity contribution is 7.92. The summed E-state index contributed by atoms with van der Waals surface area (Å²) >= 11 is 0.